The molecule has 1 saturated carbocycles. The molecule has 1 N–H and O–H groups in total. The van der Waals surface area contributed by atoms with E-state index in [1.165, 1.54) is 39.0 Å². The fourth-order valence-corrected chi connectivity index (χ4v) is 4.08. The Hall–Kier alpha value is -0.0800. The normalized spacial score (nSPS) is 29.4. The van der Waals surface area contributed by atoms with E-state index in [0.29, 0.717) is 16.9 Å². The molecule has 0 aromatic rings. The summed E-state index contributed by atoms with van der Waals surface area (Å²) in [6.07, 6.45) is 2.75. The number of rotatable bonds is 5. The SMILES string of the molecule is CCN1CCC(C(C)NCC2C(C)(C)C2(C)C)CC1. The van der Waals surface area contributed by atoms with Gasteiger partial charge in [-0.2, -0.15) is 0 Å². The maximum absolute atomic E-state index is 3.84. The Kier molecular flexibility index (Phi) is 4.32. The number of likely N-dealkylation sites (tertiary alicyclic amines) is 1. The van der Waals surface area contributed by atoms with Gasteiger partial charge in [0.15, 0.2) is 0 Å². The minimum atomic E-state index is 0.519. The van der Waals surface area contributed by atoms with Crippen molar-refractivity contribution in [3.63, 3.8) is 0 Å². The van der Waals surface area contributed by atoms with E-state index in [1.807, 2.05) is 0 Å². The molecule has 1 saturated heterocycles. The highest BCUT2D eigenvalue weighted by molar-refractivity contribution is 5.13. The van der Waals surface area contributed by atoms with E-state index in [-0.39, 0.29) is 0 Å². The molecule has 0 aromatic heterocycles. The average Bonchev–Trinajstić information content (AvgIpc) is 2.77. The molecule has 2 heteroatoms. The van der Waals surface area contributed by atoms with Crippen LogP contribution in [0, 0.1) is 22.7 Å². The zero-order valence-electron chi connectivity index (χ0n) is 13.9. The first kappa shape index (κ1) is 15.3. The van der Waals surface area contributed by atoms with Crippen LogP contribution in [-0.2, 0) is 0 Å². The lowest BCUT2D eigenvalue weighted by atomic mass is 9.90. The minimum Gasteiger partial charge on any atom is -0.314 e. The summed E-state index contributed by atoms with van der Waals surface area (Å²) in [6.45, 7) is 19.4. The summed E-state index contributed by atoms with van der Waals surface area (Å²) in [7, 11) is 0. The molecule has 19 heavy (non-hydrogen) atoms. The molecule has 2 fully saturated rings. The second kappa shape index (κ2) is 5.37. The highest BCUT2D eigenvalue weighted by Gasteiger charge is 2.63. The Morgan fingerprint density at radius 3 is 2.05 bits per heavy atom. The van der Waals surface area contributed by atoms with Gasteiger partial charge in [-0.25, -0.2) is 0 Å². The zero-order valence-corrected chi connectivity index (χ0v) is 13.9. The molecule has 2 aliphatic rings. The molecule has 1 atom stereocenters. The molecule has 2 nitrogen and oxygen atoms in total. The quantitative estimate of drug-likeness (QED) is 0.820. The van der Waals surface area contributed by atoms with Crippen molar-refractivity contribution < 1.29 is 0 Å². The third kappa shape index (κ3) is 2.85. The number of hydrogen-bond donors (Lipinski definition) is 1. The van der Waals surface area contributed by atoms with Gasteiger partial charge in [-0.3, -0.25) is 0 Å². The monoisotopic (exact) mass is 266 g/mol. The largest absolute Gasteiger partial charge is 0.314 e. The molecule has 0 amide bonds. The third-order valence-electron chi connectivity index (χ3n) is 6.75. The van der Waals surface area contributed by atoms with E-state index < -0.39 is 0 Å². The molecule has 0 aromatic carbocycles. The second-order valence-corrected chi connectivity index (χ2v) is 7.96. The van der Waals surface area contributed by atoms with Gasteiger partial charge in [-0.05, 0) is 68.6 Å². The minimum absolute atomic E-state index is 0.519. The number of nitrogens with zero attached hydrogens (tertiary/aromatic N) is 1. The molecule has 0 bridgehead atoms. The summed E-state index contributed by atoms with van der Waals surface area (Å²) in [5.74, 6) is 1.73. The van der Waals surface area contributed by atoms with Crippen molar-refractivity contribution in [2.75, 3.05) is 26.2 Å². The van der Waals surface area contributed by atoms with E-state index in [4.69, 9.17) is 0 Å². The Labute approximate surface area is 120 Å². The maximum atomic E-state index is 3.84. The lowest BCUT2D eigenvalue weighted by Gasteiger charge is -2.34. The van der Waals surface area contributed by atoms with Gasteiger partial charge in [-0.1, -0.05) is 34.6 Å². The molecule has 0 radical (unpaired) electrons. The Bertz CT molecular complexity index is 286. The molecule has 0 spiro atoms. The highest BCUT2D eigenvalue weighted by Crippen LogP contribution is 2.67. The van der Waals surface area contributed by atoms with E-state index in [9.17, 15) is 0 Å². The zero-order chi connectivity index (χ0) is 14.3. The van der Waals surface area contributed by atoms with Crippen molar-refractivity contribution in [1.29, 1.82) is 0 Å². The average molecular weight is 266 g/mol. The van der Waals surface area contributed by atoms with Crippen LogP contribution in [0.25, 0.3) is 0 Å². The first-order valence-corrected chi connectivity index (χ1v) is 8.26. The fourth-order valence-electron chi connectivity index (χ4n) is 4.08. The van der Waals surface area contributed by atoms with Gasteiger partial charge in [0.2, 0.25) is 0 Å². The smallest absolute Gasteiger partial charge is 0.00680 e. The molecular formula is C17H34N2. The second-order valence-electron chi connectivity index (χ2n) is 7.96. The maximum Gasteiger partial charge on any atom is 0.00680 e. The first-order valence-electron chi connectivity index (χ1n) is 8.26. The van der Waals surface area contributed by atoms with Crippen molar-refractivity contribution in [2.45, 2.75) is 60.4 Å². The summed E-state index contributed by atoms with van der Waals surface area (Å²) >= 11 is 0. The molecule has 1 heterocycles. The van der Waals surface area contributed by atoms with Gasteiger partial charge in [0.1, 0.15) is 0 Å². The van der Waals surface area contributed by atoms with Crippen LogP contribution in [0.2, 0.25) is 0 Å². The van der Waals surface area contributed by atoms with Gasteiger partial charge in [-0.15, -0.1) is 0 Å². The summed E-state index contributed by atoms with van der Waals surface area (Å²) in [5, 5.41) is 3.84. The van der Waals surface area contributed by atoms with Crippen molar-refractivity contribution in [3.8, 4) is 0 Å². The summed E-state index contributed by atoms with van der Waals surface area (Å²) in [4.78, 5) is 2.58. The Balaban J connectivity index is 1.73. The molecule has 1 aliphatic carbocycles. The number of nitrogens with one attached hydrogen (secondary N) is 1. The number of piperidine rings is 1. The predicted molar refractivity (Wildman–Crippen MR) is 83.4 cm³/mol. The van der Waals surface area contributed by atoms with Crippen LogP contribution in [0.3, 0.4) is 0 Å². The lowest BCUT2D eigenvalue weighted by molar-refractivity contribution is 0.168. The van der Waals surface area contributed by atoms with E-state index in [2.05, 4.69) is 51.8 Å². The lowest BCUT2D eigenvalue weighted by Crippen LogP contribution is -2.42. The fraction of sp³-hybridized carbons (Fsp3) is 1.00. The Morgan fingerprint density at radius 1 is 1.11 bits per heavy atom. The molecule has 112 valence electrons. The molecular weight excluding hydrogens is 232 g/mol. The van der Waals surface area contributed by atoms with Gasteiger partial charge in [0.05, 0.1) is 0 Å². The van der Waals surface area contributed by atoms with E-state index >= 15 is 0 Å². The summed E-state index contributed by atoms with van der Waals surface area (Å²) in [5.41, 5.74) is 1.04. The standard InChI is InChI=1S/C17H34N2/c1-7-19-10-8-14(9-11-19)13(2)18-12-15-16(3,4)17(15,5)6/h13-15,18H,7-12H2,1-6H3. The molecule has 2 rings (SSSR count). The highest BCUT2D eigenvalue weighted by atomic mass is 15.1. The summed E-state index contributed by atoms with van der Waals surface area (Å²) < 4.78 is 0. The van der Waals surface area contributed by atoms with Crippen molar-refractivity contribution in [1.82, 2.24) is 10.2 Å². The number of hydrogen-bond acceptors (Lipinski definition) is 2. The first-order chi connectivity index (χ1) is 8.80. The molecule has 1 unspecified atom stereocenters. The van der Waals surface area contributed by atoms with Crippen LogP contribution in [0.15, 0.2) is 0 Å². The predicted octanol–water partition coefficient (Wildman–Crippen LogP) is 3.38. The van der Waals surface area contributed by atoms with Crippen LogP contribution in [-0.4, -0.2) is 37.1 Å². The molecule has 1 aliphatic heterocycles. The van der Waals surface area contributed by atoms with Crippen LogP contribution >= 0.6 is 0 Å². The van der Waals surface area contributed by atoms with Gasteiger partial charge in [0.25, 0.3) is 0 Å². The van der Waals surface area contributed by atoms with E-state index in [1.54, 1.807) is 0 Å². The van der Waals surface area contributed by atoms with Crippen LogP contribution in [0.4, 0.5) is 0 Å². The topological polar surface area (TPSA) is 15.3 Å². The summed E-state index contributed by atoms with van der Waals surface area (Å²) in [6, 6.07) is 0.686. The van der Waals surface area contributed by atoms with Gasteiger partial charge >= 0.3 is 0 Å². The van der Waals surface area contributed by atoms with Crippen molar-refractivity contribution in [3.05, 3.63) is 0 Å². The van der Waals surface area contributed by atoms with Crippen molar-refractivity contribution >= 4 is 0 Å². The van der Waals surface area contributed by atoms with E-state index in [0.717, 1.165) is 11.8 Å². The van der Waals surface area contributed by atoms with Crippen LogP contribution < -0.4 is 5.32 Å². The van der Waals surface area contributed by atoms with Crippen LogP contribution in [0.1, 0.15) is 54.4 Å². The van der Waals surface area contributed by atoms with Crippen molar-refractivity contribution in [2.24, 2.45) is 22.7 Å². The van der Waals surface area contributed by atoms with Gasteiger partial charge < -0.3 is 10.2 Å². The Morgan fingerprint density at radius 2 is 1.63 bits per heavy atom. The van der Waals surface area contributed by atoms with Gasteiger partial charge in [0, 0.05) is 6.04 Å². The van der Waals surface area contributed by atoms with Crippen LogP contribution in [0.5, 0.6) is 0 Å². The third-order valence-corrected chi connectivity index (χ3v) is 6.75.